The predicted octanol–water partition coefficient (Wildman–Crippen LogP) is 2.03. The molecule has 4 nitrogen and oxygen atoms in total. The van der Waals surface area contributed by atoms with Crippen LogP contribution in [0, 0.1) is 5.82 Å². The quantitative estimate of drug-likeness (QED) is 0.820. The number of nitrogen functional groups attached to an aromatic ring is 1. The zero-order chi connectivity index (χ0) is 13.3. The van der Waals surface area contributed by atoms with Crippen LogP contribution < -0.4 is 15.4 Å². The van der Waals surface area contributed by atoms with Crippen LogP contribution >= 0.6 is 0 Å². The minimum absolute atomic E-state index is 0.0803. The molecule has 0 spiro atoms. The van der Waals surface area contributed by atoms with Gasteiger partial charge < -0.3 is 20.1 Å². The fourth-order valence-corrected chi connectivity index (χ4v) is 2.35. The van der Waals surface area contributed by atoms with Crippen molar-refractivity contribution in [2.45, 2.75) is 26.1 Å². The maximum Gasteiger partial charge on any atom is 0.148 e. The third kappa shape index (κ3) is 2.51. The SMILES string of the molecule is COc1cc(N2C[C@@H](C)O[C@@H](C)C2)c(F)cc1N. The lowest BCUT2D eigenvalue weighted by Gasteiger charge is -2.37. The molecule has 2 N–H and O–H groups in total. The van der Waals surface area contributed by atoms with Gasteiger partial charge in [0.05, 0.1) is 30.7 Å². The van der Waals surface area contributed by atoms with Gasteiger partial charge in [-0.05, 0) is 13.8 Å². The van der Waals surface area contributed by atoms with Crippen molar-refractivity contribution < 1.29 is 13.9 Å². The topological polar surface area (TPSA) is 47.7 Å². The Labute approximate surface area is 106 Å². The fourth-order valence-electron chi connectivity index (χ4n) is 2.35. The first-order valence-corrected chi connectivity index (χ1v) is 6.04. The Bertz CT molecular complexity index is 429. The molecule has 1 saturated heterocycles. The van der Waals surface area contributed by atoms with Crippen molar-refractivity contribution in [2.24, 2.45) is 0 Å². The molecule has 0 bridgehead atoms. The Kier molecular flexibility index (Phi) is 3.61. The highest BCUT2D eigenvalue weighted by Crippen LogP contribution is 2.32. The van der Waals surface area contributed by atoms with Crippen LogP contribution in [0.1, 0.15) is 13.8 Å². The average molecular weight is 254 g/mol. The number of nitrogens with zero attached hydrogens (tertiary/aromatic N) is 1. The van der Waals surface area contributed by atoms with Crippen molar-refractivity contribution >= 4 is 11.4 Å². The van der Waals surface area contributed by atoms with E-state index >= 15 is 0 Å². The molecule has 1 fully saturated rings. The first-order valence-electron chi connectivity index (χ1n) is 6.04. The summed E-state index contributed by atoms with van der Waals surface area (Å²) in [6.45, 7) is 5.28. The van der Waals surface area contributed by atoms with Crippen molar-refractivity contribution in [3.63, 3.8) is 0 Å². The number of hydrogen-bond acceptors (Lipinski definition) is 4. The van der Waals surface area contributed by atoms with E-state index in [9.17, 15) is 4.39 Å². The van der Waals surface area contributed by atoms with E-state index in [1.54, 1.807) is 6.07 Å². The molecular weight excluding hydrogens is 235 g/mol. The van der Waals surface area contributed by atoms with Crippen molar-refractivity contribution in [1.82, 2.24) is 0 Å². The van der Waals surface area contributed by atoms with E-state index in [1.165, 1.54) is 13.2 Å². The van der Waals surface area contributed by atoms with Crippen LogP contribution in [0.2, 0.25) is 0 Å². The van der Waals surface area contributed by atoms with Gasteiger partial charge >= 0.3 is 0 Å². The summed E-state index contributed by atoms with van der Waals surface area (Å²) in [7, 11) is 1.53. The van der Waals surface area contributed by atoms with Crippen molar-refractivity contribution in [1.29, 1.82) is 0 Å². The number of nitrogens with two attached hydrogens (primary N) is 1. The van der Waals surface area contributed by atoms with E-state index in [-0.39, 0.29) is 18.0 Å². The molecule has 0 saturated carbocycles. The third-order valence-electron chi connectivity index (χ3n) is 3.06. The Hall–Kier alpha value is -1.49. The molecule has 1 aromatic rings. The number of hydrogen-bond donors (Lipinski definition) is 1. The molecule has 2 atom stereocenters. The zero-order valence-corrected chi connectivity index (χ0v) is 10.9. The number of benzene rings is 1. The van der Waals surface area contributed by atoms with Crippen molar-refractivity contribution in [3.8, 4) is 5.75 Å². The second-order valence-corrected chi connectivity index (χ2v) is 4.71. The van der Waals surface area contributed by atoms with Crippen LogP contribution in [-0.4, -0.2) is 32.4 Å². The summed E-state index contributed by atoms with van der Waals surface area (Å²) >= 11 is 0. The molecule has 1 aromatic carbocycles. The first-order chi connectivity index (χ1) is 8.51. The molecule has 0 aromatic heterocycles. The highest BCUT2D eigenvalue weighted by atomic mass is 19.1. The van der Waals surface area contributed by atoms with Crippen LogP contribution in [-0.2, 0) is 4.74 Å². The second kappa shape index (κ2) is 5.02. The summed E-state index contributed by atoms with van der Waals surface area (Å²) in [4.78, 5) is 1.97. The summed E-state index contributed by atoms with van der Waals surface area (Å²) < 4.78 is 24.8. The summed E-state index contributed by atoms with van der Waals surface area (Å²) in [5, 5.41) is 0. The van der Waals surface area contributed by atoms with Gasteiger partial charge in [0.25, 0.3) is 0 Å². The molecule has 1 aliphatic heterocycles. The molecule has 1 aliphatic rings. The molecule has 18 heavy (non-hydrogen) atoms. The van der Waals surface area contributed by atoms with E-state index in [0.717, 1.165) is 0 Å². The fraction of sp³-hybridized carbons (Fsp3) is 0.538. The lowest BCUT2D eigenvalue weighted by Crippen LogP contribution is -2.45. The summed E-state index contributed by atoms with van der Waals surface area (Å²) in [5.74, 6) is 0.174. The molecule has 1 heterocycles. The summed E-state index contributed by atoms with van der Waals surface area (Å²) in [6.07, 6.45) is 0.161. The van der Waals surface area contributed by atoms with Gasteiger partial charge in [0.15, 0.2) is 0 Å². The van der Waals surface area contributed by atoms with Crippen LogP contribution in [0.25, 0.3) is 0 Å². The van der Waals surface area contributed by atoms with E-state index < -0.39 is 0 Å². The Morgan fingerprint density at radius 3 is 2.50 bits per heavy atom. The largest absolute Gasteiger partial charge is 0.495 e. The maximum absolute atomic E-state index is 14.0. The van der Waals surface area contributed by atoms with Crippen molar-refractivity contribution in [2.75, 3.05) is 30.8 Å². The lowest BCUT2D eigenvalue weighted by molar-refractivity contribution is -0.00540. The average Bonchev–Trinajstić information content (AvgIpc) is 2.27. The van der Waals surface area contributed by atoms with Gasteiger partial charge in [0.2, 0.25) is 0 Å². The molecule has 0 amide bonds. The molecule has 5 heteroatoms. The van der Waals surface area contributed by atoms with Crippen LogP contribution in [0.4, 0.5) is 15.8 Å². The van der Waals surface area contributed by atoms with Gasteiger partial charge in [-0.3, -0.25) is 0 Å². The Morgan fingerprint density at radius 1 is 1.33 bits per heavy atom. The van der Waals surface area contributed by atoms with E-state index in [4.69, 9.17) is 15.2 Å². The number of methoxy groups -OCH3 is 1. The number of halogens is 1. The Morgan fingerprint density at radius 2 is 1.94 bits per heavy atom. The second-order valence-electron chi connectivity index (χ2n) is 4.71. The minimum atomic E-state index is -0.324. The van der Waals surface area contributed by atoms with Gasteiger partial charge in [-0.2, -0.15) is 0 Å². The van der Waals surface area contributed by atoms with Gasteiger partial charge in [-0.15, -0.1) is 0 Å². The minimum Gasteiger partial charge on any atom is -0.495 e. The molecule has 2 rings (SSSR count). The predicted molar refractivity (Wildman–Crippen MR) is 69.6 cm³/mol. The van der Waals surface area contributed by atoms with Crippen molar-refractivity contribution in [3.05, 3.63) is 17.9 Å². The zero-order valence-electron chi connectivity index (χ0n) is 10.9. The molecule has 0 aliphatic carbocycles. The number of morpholine rings is 1. The van der Waals surface area contributed by atoms with Crippen LogP contribution in [0.3, 0.4) is 0 Å². The molecule has 100 valence electrons. The maximum atomic E-state index is 14.0. The number of rotatable bonds is 2. The van der Waals surface area contributed by atoms with Gasteiger partial charge in [0.1, 0.15) is 11.6 Å². The third-order valence-corrected chi connectivity index (χ3v) is 3.06. The Balaban J connectivity index is 2.32. The van der Waals surface area contributed by atoms with Gasteiger partial charge in [-0.1, -0.05) is 0 Å². The first kappa shape index (κ1) is 13.0. The molecule has 0 radical (unpaired) electrons. The monoisotopic (exact) mass is 254 g/mol. The standard InChI is InChI=1S/C13H19FN2O2/c1-8-6-16(7-9(2)18-8)12-5-13(17-3)11(15)4-10(12)14/h4-5,8-9H,6-7,15H2,1-3H3/t8-,9+. The molecule has 0 unspecified atom stereocenters. The summed E-state index contributed by atoms with van der Waals surface area (Å²) in [5.41, 5.74) is 6.51. The van der Waals surface area contributed by atoms with Crippen LogP contribution in [0.15, 0.2) is 12.1 Å². The highest BCUT2D eigenvalue weighted by Gasteiger charge is 2.25. The highest BCUT2D eigenvalue weighted by molar-refractivity contribution is 5.63. The lowest BCUT2D eigenvalue weighted by atomic mass is 10.1. The van der Waals surface area contributed by atoms with Gasteiger partial charge in [-0.25, -0.2) is 4.39 Å². The normalized spacial score (nSPS) is 24.1. The number of anilines is 2. The smallest absolute Gasteiger partial charge is 0.148 e. The van der Waals surface area contributed by atoms with E-state index in [2.05, 4.69) is 0 Å². The van der Waals surface area contributed by atoms with E-state index in [0.29, 0.717) is 30.2 Å². The number of ether oxygens (including phenoxy) is 2. The van der Waals surface area contributed by atoms with Gasteiger partial charge in [0, 0.05) is 25.2 Å². The van der Waals surface area contributed by atoms with Crippen LogP contribution in [0.5, 0.6) is 5.75 Å². The molecular formula is C13H19FN2O2. The van der Waals surface area contributed by atoms with E-state index in [1.807, 2.05) is 18.7 Å². The summed E-state index contributed by atoms with van der Waals surface area (Å²) in [6, 6.07) is 2.95.